The molecule has 11 heteroatoms. The van der Waals surface area contributed by atoms with Crippen LogP contribution in [-0.4, -0.2) is 26.8 Å². The van der Waals surface area contributed by atoms with Gasteiger partial charge in [0.25, 0.3) is 5.91 Å². The minimum Gasteiger partial charge on any atom is -1.00 e. The van der Waals surface area contributed by atoms with Crippen LogP contribution in [0.25, 0.3) is 0 Å². The van der Waals surface area contributed by atoms with Crippen molar-refractivity contribution < 1.29 is 46.6 Å². The van der Waals surface area contributed by atoms with Crippen molar-refractivity contribution in [1.82, 2.24) is 15.6 Å². The molecule has 0 atom stereocenters. The van der Waals surface area contributed by atoms with Crippen LogP contribution in [0.5, 0.6) is 0 Å². The highest BCUT2D eigenvalue weighted by atomic mass is 127. The molecule has 1 aliphatic rings. The molecule has 174 valence electrons. The Morgan fingerprint density at radius 1 is 1.06 bits per heavy atom. The molecule has 3 N–H and O–H groups in total. The number of nitrogens with zero attached hydrogens (tertiary/aromatic N) is 1. The quantitative estimate of drug-likeness (QED) is 0.221. The van der Waals surface area contributed by atoms with E-state index in [2.05, 4.69) is 15.6 Å². The molecule has 8 nitrogen and oxygen atoms in total. The summed E-state index contributed by atoms with van der Waals surface area (Å²) in [7, 11) is -1.87. The number of hydrogen-bond acceptors (Lipinski definition) is 4. The zero-order chi connectivity index (χ0) is 22.4. The van der Waals surface area contributed by atoms with Crippen molar-refractivity contribution in [2.24, 2.45) is 18.9 Å². The molecule has 0 radical (unpaired) electrons. The van der Waals surface area contributed by atoms with E-state index in [0.29, 0.717) is 37.8 Å². The van der Waals surface area contributed by atoms with Gasteiger partial charge in [-0.25, -0.2) is 17.7 Å². The summed E-state index contributed by atoms with van der Waals surface area (Å²) >= 11 is 5.99. The van der Waals surface area contributed by atoms with Crippen molar-refractivity contribution in [3.63, 3.8) is 0 Å². The van der Waals surface area contributed by atoms with E-state index in [9.17, 15) is 18.0 Å². The number of carbonyl (C=O) groups is 2. The van der Waals surface area contributed by atoms with Gasteiger partial charge < -0.3 is 24.0 Å². The topological polar surface area (TPSA) is 108 Å². The van der Waals surface area contributed by atoms with Gasteiger partial charge in [0.1, 0.15) is 17.5 Å². The molecule has 1 fully saturated rings. The monoisotopic (exact) mass is 592 g/mol. The Kier molecular flexibility index (Phi) is 9.86. The molecule has 2 aromatic rings. The number of benzene rings is 1. The number of hydrazine groups is 1. The molecular formula is C21H26ClIN4O4S. The average Bonchev–Trinajstić information content (AvgIpc) is 2.76. The summed E-state index contributed by atoms with van der Waals surface area (Å²) in [5.41, 5.74) is 5.39. The molecule has 2 amide bonds. The highest BCUT2D eigenvalue weighted by Crippen LogP contribution is 2.29. The first-order valence-corrected chi connectivity index (χ1v) is 11.9. The summed E-state index contributed by atoms with van der Waals surface area (Å²) in [4.78, 5) is 24.6. The van der Waals surface area contributed by atoms with Crippen molar-refractivity contribution in [3.05, 3.63) is 59.4 Å². The predicted octanol–water partition coefficient (Wildman–Crippen LogP) is -1.29. The molecule has 1 saturated carbocycles. The molecule has 0 unspecified atom stereocenters. The first-order chi connectivity index (χ1) is 14.8. The number of sulfonamides is 1. The Morgan fingerprint density at radius 2 is 1.75 bits per heavy atom. The summed E-state index contributed by atoms with van der Waals surface area (Å²) in [5.74, 6) is -0.695. The minimum atomic E-state index is -3.68. The number of amides is 2. The van der Waals surface area contributed by atoms with Crippen LogP contribution in [-0.2, 0) is 21.9 Å². The zero-order valence-electron chi connectivity index (χ0n) is 17.6. The average molecular weight is 593 g/mol. The zero-order valence-corrected chi connectivity index (χ0v) is 21.3. The van der Waals surface area contributed by atoms with E-state index >= 15 is 0 Å². The molecule has 32 heavy (non-hydrogen) atoms. The van der Waals surface area contributed by atoms with Gasteiger partial charge in [-0.2, -0.15) is 0 Å². The molecule has 1 heterocycles. The molecular weight excluding hydrogens is 567 g/mol. The van der Waals surface area contributed by atoms with Gasteiger partial charge in [-0.3, -0.25) is 20.4 Å². The molecule has 0 bridgehead atoms. The number of pyridine rings is 1. The van der Waals surface area contributed by atoms with Crippen molar-refractivity contribution in [2.45, 2.75) is 30.6 Å². The lowest BCUT2D eigenvalue weighted by atomic mass is 9.82. The first kappa shape index (κ1) is 26.5. The highest BCUT2D eigenvalue weighted by molar-refractivity contribution is 7.89. The second-order valence-corrected chi connectivity index (χ2v) is 9.84. The van der Waals surface area contributed by atoms with E-state index in [1.54, 1.807) is 35.0 Å². The Labute approximate surface area is 210 Å². The Morgan fingerprint density at radius 3 is 2.41 bits per heavy atom. The molecule has 1 aliphatic carbocycles. The summed E-state index contributed by atoms with van der Waals surface area (Å²) < 4.78 is 29.3. The van der Waals surface area contributed by atoms with Crippen LogP contribution in [0.4, 0.5) is 0 Å². The van der Waals surface area contributed by atoms with E-state index < -0.39 is 10.0 Å². The van der Waals surface area contributed by atoms with Crippen LogP contribution in [0.1, 0.15) is 36.0 Å². The smallest absolute Gasteiger partial charge is 0.275 e. The van der Waals surface area contributed by atoms with Crippen molar-refractivity contribution >= 4 is 33.4 Å². The van der Waals surface area contributed by atoms with Gasteiger partial charge in [-0.1, -0.05) is 23.7 Å². The van der Waals surface area contributed by atoms with Crippen molar-refractivity contribution in [3.8, 4) is 0 Å². The van der Waals surface area contributed by atoms with Gasteiger partial charge in [-0.15, -0.1) is 0 Å². The van der Waals surface area contributed by atoms with Gasteiger partial charge >= 0.3 is 0 Å². The third-order valence-electron chi connectivity index (χ3n) is 5.41. The van der Waals surface area contributed by atoms with E-state index in [-0.39, 0.29) is 57.5 Å². The largest absolute Gasteiger partial charge is 1.00 e. The van der Waals surface area contributed by atoms with Crippen LogP contribution in [0, 0.1) is 11.8 Å². The molecule has 0 spiro atoms. The number of halogens is 2. The number of hydrogen-bond donors (Lipinski definition) is 3. The van der Waals surface area contributed by atoms with Crippen LogP contribution >= 0.6 is 11.6 Å². The lowest BCUT2D eigenvalue weighted by molar-refractivity contribution is -0.671. The Bertz CT molecular complexity index is 1060. The maximum absolute atomic E-state index is 12.5. The maximum Gasteiger partial charge on any atom is 0.275 e. The van der Waals surface area contributed by atoms with E-state index in [1.807, 2.05) is 13.2 Å². The molecule has 0 aliphatic heterocycles. The summed E-state index contributed by atoms with van der Waals surface area (Å²) in [6.07, 6.45) is 6.15. The lowest BCUT2D eigenvalue weighted by Crippen LogP contribution is -3.00. The number of aromatic nitrogens is 1. The van der Waals surface area contributed by atoms with Crippen LogP contribution in [0.3, 0.4) is 0 Å². The lowest BCUT2D eigenvalue weighted by Gasteiger charge is -2.27. The van der Waals surface area contributed by atoms with Crippen LogP contribution in [0.15, 0.2) is 53.7 Å². The summed E-state index contributed by atoms with van der Waals surface area (Å²) in [6.45, 7) is 0.295. The summed E-state index contributed by atoms with van der Waals surface area (Å²) in [6, 6.07) is 9.72. The van der Waals surface area contributed by atoms with Crippen molar-refractivity contribution in [2.75, 3.05) is 6.54 Å². The molecule has 1 aromatic heterocycles. The van der Waals surface area contributed by atoms with Gasteiger partial charge in [0.05, 0.1) is 5.02 Å². The third kappa shape index (κ3) is 7.12. The molecule has 3 rings (SSSR count). The second kappa shape index (κ2) is 11.9. The van der Waals surface area contributed by atoms with Crippen LogP contribution in [0.2, 0.25) is 5.02 Å². The minimum absolute atomic E-state index is 0. The fourth-order valence-corrected chi connectivity index (χ4v) is 5.25. The molecule has 0 saturated heterocycles. The van der Waals surface area contributed by atoms with E-state index in [4.69, 9.17) is 11.6 Å². The fraction of sp³-hybridized carbons (Fsp3) is 0.381. The number of nitrogens with one attached hydrogen (secondary N) is 3. The van der Waals surface area contributed by atoms with E-state index in [0.717, 1.165) is 0 Å². The third-order valence-corrected chi connectivity index (χ3v) is 7.33. The Hall–Kier alpha value is -1.76. The number of rotatable bonds is 6. The van der Waals surface area contributed by atoms with Crippen LogP contribution < -0.4 is 44.1 Å². The first-order valence-electron chi connectivity index (χ1n) is 10.1. The maximum atomic E-state index is 12.5. The normalized spacial score (nSPS) is 18.3. The number of carbonyl (C=O) groups excluding carboxylic acids is 2. The predicted molar refractivity (Wildman–Crippen MR) is 115 cm³/mol. The SMILES string of the molecule is C[n+]1cccc(C(=O)NNC(=O)C2CCC(CNS(=O)(=O)c3ccccc3Cl)CC2)c1.[I-]. The Balaban J connectivity index is 0.00000363. The summed E-state index contributed by atoms with van der Waals surface area (Å²) in [5, 5.41) is 0.182. The van der Waals surface area contributed by atoms with Gasteiger partial charge in [0, 0.05) is 18.5 Å². The second-order valence-electron chi connectivity index (χ2n) is 7.70. The van der Waals surface area contributed by atoms with Gasteiger partial charge in [-0.05, 0) is 49.8 Å². The van der Waals surface area contributed by atoms with E-state index in [1.165, 1.54) is 12.1 Å². The molecule has 1 aromatic carbocycles. The number of aryl methyl sites for hydroxylation is 1. The van der Waals surface area contributed by atoms with Gasteiger partial charge in [0.15, 0.2) is 12.4 Å². The highest BCUT2D eigenvalue weighted by Gasteiger charge is 2.28. The van der Waals surface area contributed by atoms with Crippen molar-refractivity contribution in [1.29, 1.82) is 0 Å². The standard InChI is InChI=1S/C21H25ClN4O4S.HI/c1-26-12-4-5-17(14-26)21(28)25-24-20(27)16-10-8-15(9-11-16)13-23-31(29,30)19-7-3-2-6-18(19)22;/h2-7,12,14-16,23H,8-11,13H2,1H3,(H-,24,25,27,28);1H. The van der Waals surface area contributed by atoms with Gasteiger partial charge in [0.2, 0.25) is 15.9 Å². The fourth-order valence-electron chi connectivity index (χ4n) is 3.61.